The second-order valence-electron chi connectivity index (χ2n) is 3.01. The summed E-state index contributed by atoms with van der Waals surface area (Å²) in [6.45, 7) is 0. The maximum atomic E-state index is 10.1. The van der Waals surface area contributed by atoms with Gasteiger partial charge in [-0.15, -0.1) is 0 Å². The van der Waals surface area contributed by atoms with Crippen LogP contribution in [0.1, 0.15) is 0 Å². The van der Waals surface area contributed by atoms with E-state index in [0.717, 1.165) is 11.0 Å². The van der Waals surface area contributed by atoms with Crippen LogP contribution in [0.3, 0.4) is 0 Å². The number of para-hydroxylation sites is 2. The summed E-state index contributed by atoms with van der Waals surface area (Å²) in [4.78, 5) is 22.9. The number of fused-ring (bicyclic) bond motifs is 1. The summed E-state index contributed by atoms with van der Waals surface area (Å²) in [7, 11) is 0. The number of rotatable bonds is 0. The molecular formula is C11H10N4O. The quantitative estimate of drug-likeness (QED) is 0.593. The molecule has 0 aliphatic carbocycles. The lowest BCUT2D eigenvalue weighted by molar-refractivity contribution is 1.08. The summed E-state index contributed by atoms with van der Waals surface area (Å²) in [6, 6.07) is 9.60. The van der Waals surface area contributed by atoms with Gasteiger partial charge in [-0.05, 0) is 18.2 Å². The molecule has 5 heteroatoms. The van der Waals surface area contributed by atoms with Gasteiger partial charge in [-0.3, -0.25) is 0 Å². The minimum Gasteiger partial charge on any atom is -0.345 e. The Morgan fingerprint density at radius 3 is 2.50 bits per heavy atom. The second-order valence-corrected chi connectivity index (χ2v) is 3.01. The third-order valence-corrected chi connectivity index (χ3v) is 1.91. The maximum absolute atomic E-state index is 10.1. The number of imidazole rings is 1. The molecular weight excluding hydrogens is 204 g/mol. The molecule has 2 heterocycles. The lowest BCUT2D eigenvalue weighted by Crippen LogP contribution is -2.05. The van der Waals surface area contributed by atoms with Crippen molar-refractivity contribution in [3.05, 3.63) is 59.5 Å². The molecule has 16 heavy (non-hydrogen) atoms. The highest BCUT2D eigenvalue weighted by Crippen LogP contribution is 2.05. The highest BCUT2D eigenvalue weighted by Gasteiger charge is 1.88. The van der Waals surface area contributed by atoms with Gasteiger partial charge < -0.3 is 9.97 Å². The zero-order valence-corrected chi connectivity index (χ0v) is 8.42. The van der Waals surface area contributed by atoms with Crippen LogP contribution in [0.5, 0.6) is 0 Å². The first kappa shape index (κ1) is 10.1. The number of aromatic amines is 2. The molecule has 0 atom stereocenters. The Labute approximate surface area is 91.2 Å². The van der Waals surface area contributed by atoms with Crippen LogP contribution in [0.25, 0.3) is 11.0 Å². The zero-order valence-electron chi connectivity index (χ0n) is 8.42. The molecule has 0 saturated heterocycles. The molecule has 0 radical (unpaired) electrons. The van der Waals surface area contributed by atoms with Crippen LogP contribution in [0, 0.1) is 0 Å². The molecule has 0 aliphatic rings. The van der Waals surface area contributed by atoms with Crippen molar-refractivity contribution in [2.45, 2.75) is 0 Å². The number of nitrogens with one attached hydrogen (secondary N) is 2. The second kappa shape index (κ2) is 4.88. The average Bonchev–Trinajstić information content (AvgIpc) is 2.79. The monoisotopic (exact) mass is 214 g/mol. The summed E-state index contributed by atoms with van der Waals surface area (Å²) < 4.78 is 0. The lowest BCUT2D eigenvalue weighted by Gasteiger charge is -1.81. The van der Waals surface area contributed by atoms with E-state index < -0.39 is 0 Å². The molecule has 2 aromatic heterocycles. The van der Waals surface area contributed by atoms with Crippen LogP contribution < -0.4 is 5.69 Å². The summed E-state index contributed by atoms with van der Waals surface area (Å²) in [5, 5.41) is 0. The third kappa shape index (κ3) is 2.54. The van der Waals surface area contributed by atoms with Crippen LogP contribution in [0.2, 0.25) is 0 Å². The van der Waals surface area contributed by atoms with Gasteiger partial charge >= 0.3 is 5.69 Å². The fourth-order valence-electron chi connectivity index (χ4n) is 1.19. The third-order valence-electron chi connectivity index (χ3n) is 1.91. The van der Waals surface area contributed by atoms with E-state index in [9.17, 15) is 4.79 Å². The molecule has 2 N–H and O–H groups in total. The van der Waals surface area contributed by atoms with E-state index in [-0.39, 0.29) is 5.69 Å². The highest BCUT2D eigenvalue weighted by atomic mass is 16.1. The van der Waals surface area contributed by atoms with Crippen molar-refractivity contribution < 1.29 is 0 Å². The van der Waals surface area contributed by atoms with E-state index in [1.807, 2.05) is 24.3 Å². The Morgan fingerprint density at radius 2 is 1.88 bits per heavy atom. The molecule has 3 aromatic rings. The van der Waals surface area contributed by atoms with Gasteiger partial charge in [-0.25, -0.2) is 14.8 Å². The van der Waals surface area contributed by atoms with E-state index in [1.54, 1.807) is 12.4 Å². The van der Waals surface area contributed by atoms with Crippen LogP contribution in [0.15, 0.2) is 53.8 Å². The first-order chi connectivity index (χ1) is 7.86. The molecule has 0 bridgehead atoms. The number of hydrogen-bond donors (Lipinski definition) is 2. The van der Waals surface area contributed by atoms with Gasteiger partial charge in [0.15, 0.2) is 0 Å². The van der Waals surface area contributed by atoms with E-state index in [1.165, 1.54) is 12.4 Å². The minimum atomic E-state index is -0.303. The van der Waals surface area contributed by atoms with Gasteiger partial charge in [0.2, 0.25) is 0 Å². The van der Waals surface area contributed by atoms with Crippen molar-refractivity contribution in [3.63, 3.8) is 0 Å². The molecule has 0 amide bonds. The predicted molar refractivity (Wildman–Crippen MR) is 61.0 cm³/mol. The predicted octanol–water partition coefficient (Wildman–Crippen LogP) is 1.33. The average molecular weight is 214 g/mol. The van der Waals surface area contributed by atoms with Crippen molar-refractivity contribution in [3.8, 4) is 0 Å². The normalized spacial score (nSPS) is 9.50. The topological polar surface area (TPSA) is 74.4 Å². The summed E-state index contributed by atoms with van der Waals surface area (Å²) in [5.41, 5.74) is 1.82. The van der Waals surface area contributed by atoms with Crippen molar-refractivity contribution in [1.82, 2.24) is 19.9 Å². The number of nitrogens with zero attached hydrogens (tertiary/aromatic N) is 2. The Kier molecular flexibility index (Phi) is 3.08. The van der Waals surface area contributed by atoms with Crippen LogP contribution in [0.4, 0.5) is 0 Å². The van der Waals surface area contributed by atoms with Crippen molar-refractivity contribution in [2.75, 3.05) is 0 Å². The summed E-state index contributed by atoms with van der Waals surface area (Å²) in [5.74, 6) is 0. The number of benzene rings is 1. The molecule has 1 aromatic carbocycles. The fraction of sp³-hybridized carbons (Fsp3) is 0. The Bertz CT molecular complexity index is 566. The maximum Gasteiger partial charge on any atom is 0.344 e. The molecule has 0 fully saturated rings. The van der Waals surface area contributed by atoms with Crippen LogP contribution in [-0.4, -0.2) is 19.9 Å². The minimum absolute atomic E-state index is 0.303. The Balaban J connectivity index is 0.000000125. The van der Waals surface area contributed by atoms with Gasteiger partial charge in [0.25, 0.3) is 0 Å². The van der Waals surface area contributed by atoms with Gasteiger partial charge in [0.1, 0.15) is 0 Å². The number of hydrogen-bond acceptors (Lipinski definition) is 3. The van der Waals surface area contributed by atoms with Crippen molar-refractivity contribution in [1.29, 1.82) is 0 Å². The Hall–Kier alpha value is -2.43. The molecule has 3 rings (SSSR count). The standard InChI is InChI=1S/C7H6N2.C4H4N2O/c1-2-4-7-6(3-1)8-5-9-7;7-4-5-2-1-3-6-4/h1-5H,(H,8,9);1-3H,(H,5,6,7). The SMILES string of the molecule is O=c1nccc[nH]1.c1ccc2[nH]cnc2c1. The largest absolute Gasteiger partial charge is 0.345 e. The summed E-state index contributed by atoms with van der Waals surface area (Å²) in [6.07, 6.45) is 4.68. The Morgan fingerprint density at radius 1 is 1.00 bits per heavy atom. The van der Waals surface area contributed by atoms with Gasteiger partial charge in [-0.2, -0.15) is 0 Å². The van der Waals surface area contributed by atoms with E-state index in [2.05, 4.69) is 19.9 Å². The zero-order chi connectivity index (χ0) is 11.2. The van der Waals surface area contributed by atoms with Gasteiger partial charge in [0, 0.05) is 12.4 Å². The lowest BCUT2D eigenvalue weighted by atomic mass is 10.3. The van der Waals surface area contributed by atoms with Gasteiger partial charge in [0.05, 0.1) is 17.4 Å². The van der Waals surface area contributed by atoms with E-state index in [4.69, 9.17) is 0 Å². The molecule has 0 unspecified atom stereocenters. The fourth-order valence-corrected chi connectivity index (χ4v) is 1.19. The number of aromatic nitrogens is 4. The molecule has 0 saturated carbocycles. The summed E-state index contributed by atoms with van der Waals surface area (Å²) >= 11 is 0. The van der Waals surface area contributed by atoms with Crippen molar-refractivity contribution in [2.24, 2.45) is 0 Å². The molecule has 5 nitrogen and oxygen atoms in total. The van der Waals surface area contributed by atoms with Crippen LogP contribution >= 0.6 is 0 Å². The molecule has 0 spiro atoms. The number of H-pyrrole nitrogens is 2. The van der Waals surface area contributed by atoms with Crippen molar-refractivity contribution >= 4 is 11.0 Å². The molecule has 0 aliphatic heterocycles. The van der Waals surface area contributed by atoms with E-state index >= 15 is 0 Å². The van der Waals surface area contributed by atoms with E-state index in [0.29, 0.717) is 0 Å². The van der Waals surface area contributed by atoms with Gasteiger partial charge in [-0.1, -0.05) is 12.1 Å². The molecule has 80 valence electrons. The smallest absolute Gasteiger partial charge is 0.344 e. The first-order valence-electron chi connectivity index (χ1n) is 4.74. The first-order valence-corrected chi connectivity index (χ1v) is 4.74. The van der Waals surface area contributed by atoms with Crippen LogP contribution in [-0.2, 0) is 0 Å². The highest BCUT2D eigenvalue weighted by molar-refractivity contribution is 5.73.